The Labute approximate surface area is 181 Å². The molecule has 0 aliphatic rings. The topological polar surface area (TPSA) is 26.0 Å². The van der Waals surface area contributed by atoms with Crippen molar-refractivity contribution in [2.24, 2.45) is 0 Å². The Morgan fingerprint density at radius 2 is 0.875 bits per heavy atom. The molecule has 2 N–H and O–H groups in total. The average Bonchev–Trinajstić information content (AvgIpc) is 2.14. The predicted octanol–water partition coefficient (Wildman–Crippen LogP) is 3.05. The summed E-state index contributed by atoms with van der Waals surface area (Å²) in [4.78, 5) is 0. The molecule has 0 unspecified atom stereocenters. The van der Waals surface area contributed by atoms with Gasteiger partial charge in [-0.15, -0.1) is 0 Å². The molecule has 0 aliphatic heterocycles. The van der Waals surface area contributed by atoms with E-state index in [0.29, 0.717) is 0 Å². The summed E-state index contributed by atoms with van der Waals surface area (Å²) in [5.74, 6) is 0. The second-order valence-corrected chi connectivity index (χ2v) is 3.86. The van der Waals surface area contributed by atoms with Gasteiger partial charge in [0.1, 0.15) is 0 Å². The fraction of sp³-hybridized carbons (Fsp3) is 0. The zero-order valence-corrected chi connectivity index (χ0v) is 16.2. The summed E-state index contributed by atoms with van der Waals surface area (Å²) >= 11 is 3.27. The fourth-order valence-corrected chi connectivity index (χ4v) is 0.760. The van der Waals surface area contributed by atoms with E-state index in [0.717, 1.165) is 10.2 Å². The molecule has 0 aromatic heterocycles. The minimum atomic E-state index is -6.00. The smallest absolute Gasteiger partial charge is 1.00 e. The number of nitrogens with two attached hydrogens (primary N) is 1. The van der Waals surface area contributed by atoms with Crippen LogP contribution in [0.2, 0.25) is 0 Å². The van der Waals surface area contributed by atoms with E-state index < -0.39 is 21.8 Å². The molecular formula is C6H7B3BrF12KN-3. The molecule has 24 heavy (non-hydrogen) atoms. The molecule has 0 aliphatic carbocycles. The maximum Gasteiger partial charge on any atom is 1.00 e. The molecule has 0 saturated heterocycles. The SMILES string of the molecule is F[B-](F)(F)F.F[B-](F)(F)F.F[B-](F)(F)F.Nc1ccccc1Br.[H-].[K+]. The summed E-state index contributed by atoms with van der Waals surface area (Å²) in [7, 11) is -18.0. The van der Waals surface area contributed by atoms with Crippen LogP contribution < -0.4 is 57.1 Å². The molecular weight excluding hydrogens is 465 g/mol. The maximum atomic E-state index is 9.75. The summed E-state index contributed by atoms with van der Waals surface area (Å²) in [5.41, 5.74) is 6.26. The number of para-hydroxylation sites is 1. The van der Waals surface area contributed by atoms with Gasteiger partial charge in [-0.05, 0) is 28.1 Å². The standard InChI is InChI=1S/C6H6BrN.3BF4.K.H/c7-5-3-1-2-4-6(5)8;3*2-1(3,4)5;;/h1-4H,8H2;;;;;/q;3*-1;+1;-1. The van der Waals surface area contributed by atoms with Gasteiger partial charge in [-0.2, -0.15) is 0 Å². The van der Waals surface area contributed by atoms with E-state index in [4.69, 9.17) is 5.73 Å². The third kappa shape index (κ3) is 78.7. The van der Waals surface area contributed by atoms with Gasteiger partial charge in [0.05, 0.1) is 0 Å². The van der Waals surface area contributed by atoms with E-state index in [2.05, 4.69) is 15.9 Å². The van der Waals surface area contributed by atoms with Crippen LogP contribution in [0, 0.1) is 0 Å². The van der Waals surface area contributed by atoms with Gasteiger partial charge in [0.25, 0.3) is 0 Å². The van der Waals surface area contributed by atoms with Gasteiger partial charge in [-0.3, -0.25) is 0 Å². The van der Waals surface area contributed by atoms with Crippen molar-refractivity contribution in [2.75, 3.05) is 5.73 Å². The number of hydrogen-bond donors (Lipinski definition) is 1. The van der Waals surface area contributed by atoms with Crippen LogP contribution >= 0.6 is 15.9 Å². The molecule has 0 heterocycles. The van der Waals surface area contributed by atoms with Gasteiger partial charge in [0.2, 0.25) is 0 Å². The summed E-state index contributed by atoms with van der Waals surface area (Å²) in [6.07, 6.45) is 0. The first-order chi connectivity index (χ1) is 9.80. The van der Waals surface area contributed by atoms with Crippen LogP contribution in [0.15, 0.2) is 28.7 Å². The maximum absolute atomic E-state index is 9.75. The Hall–Kier alpha value is 0.491. The van der Waals surface area contributed by atoms with Gasteiger partial charge >= 0.3 is 73.1 Å². The molecule has 1 aromatic rings. The summed E-state index contributed by atoms with van der Waals surface area (Å²) in [5, 5.41) is 0. The third-order valence-electron chi connectivity index (χ3n) is 0.905. The molecule has 140 valence electrons. The Kier molecular flexibility index (Phi) is 19.6. The van der Waals surface area contributed by atoms with Crippen molar-refractivity contribution >= 4 is 43.4 Å². The van der Waals surface area contributed by atoms with Crippen molar-refractivity contribution in [1.82, 2.24) is 0 Å². The van der Waals surface area contributed by atoms with E-state index in [1.54, 1.807) is 0 Å². The van der Waals surface area contributed by atoms with Crippen molar-refractivity contribution < 1.29 is 105 Å². The molecule has 0 radical (unpaired) electrons. The second kappa shape index (κ2) is 14.6. The van der Waals surface area contributed by atoms with Crippen molar-refractivity contribution in [3.05, 3.63) is 28.7 Å². The fourth-order valence-electron chi connectivity index (χ4n) is 0.475. The third-order valence-corrected chi connectivity index (χ3v) is 1.63. The molecule has 18 heteroatoms. The Bertz CT molecular complexity index is 363. The summed E-state index contributed by atoms with van der Waals surface area (Å²) in [6, 6.07) is 7.60. The van der Waals surface area contributed by atoms with Crippen molar-refractivity contribution in [2.45, 2.75) is 0 Å². The molecule has 0 atom stereocenters. The number of rotatable bonds is 0. The number of nitrogen functional groups attached to an aromatic ring is 1. The van der Waals surface area contributed by atoms with Crippen molar-refractivity contribution in [1.29, 1.82) is 0 Å². The first-order valence-corrected chi connectivity index (χ1v) is 5.72. The van der Waals surface area contributed by atoms with Crippen LogP contribution in [0.4, 0.5) is 57.5 Å². The number of benzene rings is 1. The molecule has 0 amide bonds. The molecule has 1 nitrogen and oxygen atoms in total. The normalized spacial score (nSPS) is 10.5. The van der Waals surface area contributed by atoms with E-state index in [1.807, 2.05) is 24.3 Å². The number of anilines is 1. The first-order valence-electron chi connectivity index (χ1n) is 4.92. The van der Waals surface area contributed by atoms with Crippen LogP contribution in [-0.2, 0) is 0 Å². The van der Waals surface area contributed by atoms with Crippen LogP contribution in [-0.4, -0.2) is 21.8 Å². The first kappa shape index (κ1) is 32.2. The van der Waals surface area contributed by atoms with Gasteiger partial charge in [-0.1, -0.05) is 12.1 Å². The molecule has 0 saturated carbocycles. The van der Waals surface area contributed by atoms with E-state index in [1.165, 1.54) is 0 Å². The zero-order chi connectivity index (χ0) is 19.5. The van der Waals surface area contributed by atoms with Crippen LogP contribution in [0.1, 0.15) is 1.43 Å². The quantitative estimate of drug-likeness (QED) is 0.351. The van der Waals surface area contributed by atoms with Crippen molar-refractivity contribution in [3.63, 3.8) is 0 Å². The summed E-state index contributed by atoms with van der Waals surface area (Å²) in [6.45, 7) is 0. The van der Waals surface area contributed by atoms with Gasteiger partial charge in [0, 0.05) is 10.2 Å². The largest absolute Gasteiger partial charge is 1.00 e. The predicted molar refractivity (Wildman–Crippen MR) is 70.2 cm³/mol. The monoisotopic (exact) mass is 472 g/mol. The Morgan fingerprint density at radius 3 is 1.00 bits per heavy atom. The second-order valence-electron chi connectivity index (χ2n) is 3.01. The minimum Gasteiger partial charge on any atom is -1.00 e. The molecule has 0 fully saturated rings. The van der Waals surface area contributed by atoms with E-state index >= 15 is 0 Å². The zero-order valence-electron chi connectivity index (χ0n) is 12.5. The molecule has 0 bridgehead atoms. The van der Waals surface area contributed by atoms with Crippen LogP contribution in [0.3, 0.4) is 0 Å². The van der Waals surface area contributed by atoms with Crippen LogP contribution in [0.25, 0.3) is 0 Å². The summed E-state index contributed by atoms with van der Waals surface area (Å²) < 4.78 is 118. The molecule has 1 rings (SSSR count). The van der Waals surface area contributed by atoms with Crippen molar-refractivity contribution in [3.8, 4) is 0 Å². The number of halogens is 13. The average molecular weight is 473 g/mol. The molecule has 0 spiro atoms. The van der Waals surface area contributed by atoms with Gasteiger partial charge < -0.3 is 58.9 Å². The number of hydrogen-bond acceptors (Lipinski definition) is 1. The van der Waals surface area contributed by atoms with Gasteiger partial charge in [0.15, 0.2) is 0 Å². The van der Waals surface area contributed by atoms with Crippen LogP contribution in [0.5, 0.6) is 0 Å². The van der Waals surface area contributed by atoms with E-state index in [-0.39, 0.29) is 52.8 Å². The van der Waals surface area contributed by atoms with E-state index in [9.17, 15) is 51.8 Å². The Balaban J connectivity index is -0.0000000714. The minimum absolute atomic E-state index is 0. The molecule has 1 aromatic carbocycles. The van der Waals surface area contributed by atoms with Gasteiger partial charge in [-0.25, -0.2) is 0 Å². The Morgan fingerprint density at radius 1 is 0.667 bits per heavy atom.